The molecule has 14 aromatic carbocycles. The number of rotatable bonds is 11. The van der Waals surface area contributed by atoms with E-state index >= 15 is 0 Å². The second kappa shape index (κ2) is 43.0. The second-order valence-corrected chi connectivity index (χ2v) is 36.2. The van der Waals surface area contributed by atoms with E-state index < -0.39 is 0 Å². The van der Waals surface area contributed by atoms with Crippen molar-refractivity contribution in [2.75, 3.05) is 0 Å². The third kappa shape index (κ3) is 28.0. The number of benzene rings is 14. The predicted molar refractivity (Wildman–Crippen MR) is 514 cm³/mol. The van der Waals surface area contributed by atoms with E-state index in [0.717, 1.165) is 11.1 Å². The maximum atomic E-state index is 13.9. The van der Waals surface area contributed by atoms with Gasteiger partial charge in [-0.25, -0.2) is 4.39 Å². The molecule has 0 spiro atoms. The Balaban J connectivity index is 0.000000170. The van der Waals surface area contributed by atoms with E-state index in [4.69, 9.17) is 11.6 Å². The summed E-state index contributed by atoms with van der Waals surface area (Å²) in [6.45, 7) is 52.9. The van der Waals surface area contributed by atoms with E-state index in [9.17, 15) is 4.39 Å². The third-order valence-electron chi connectivity index (χ3n) is 21.6. The minimum absolute atomic E-state index is 0.00880. The molecule has 0 amide bonds. The van der Waals surface area contributed by atoms with Crippen molar-refractivity contribution in [3.8, 4) is 77.9 Å². The standard InChI is InChI=1S/C18H22.2C17H20.C16H16ClF.2C16H18.C15H16/c1-13-8-6-11-17(14(13)2)15-9-7-10-16(12-15)18(3,4)5;1-12(2)15-6-5-7-16(11-15)17-9-8-13(3)14(4)10-17;1-13-10-11-16(17(2,3)4)15(12-13)14-8-6-5-7-9-14;1-16(2,3)12-6-9-15(18)14(10-12)11-4-7-13(17)8-5-11;1-12(2)14-7-5-9-16(11-14)15-8-4-6-13(3)10-15;1-12(2)15-5-4-6-16(11-15)14-9-7-13(3)8-10-14;1-12(2)14-9-6-10-15(11-14)13-7-4-3-5-8-13/h6-12H,1-5H3;2*5-12H,1-4H3;4-10H,1-3H3;2*4-12H,1-3H3;3-12H,1-2H3. The fourth-order valence-electron chi connectivity index (χ4n) is 13.7. The van der Waals surface area contributed by atoms with Gasteiger partial charge in [0, 0.05) is 10.6 Å². The monoisotopic (exact) mass is 1560 g/mol. The molecule has 0 radical (unpaired) electrons. The van der Waals surface area contributed by atoms with Crippen LogP contribution in [0.2, 0.25) is 5.02 Å². The lowest BCUT2D eigenvalue weighted by Gasteiger charge is -2.23. The summed E-state index contributed by atoms with van der Waals surface area (Å²) in [5, 5.41) is 0.658. The average Bonchev–Trinajstić information content (AvgIpc) is 0.823. The Morgan fingerprint density at radius 3 is 1.06 bits per heavy atom. The van der Waals surface area contributed by atoms with Crippen LogP contribution in [0.3, 0.4) is 0 Å². The summed E-state index contributed by atoms with van der Waals surface area (Å²) in [4.78, 5) is 0. The first-order valence-corrected chi connectivity index (χ1v) is 42.4. The van der Waals surface area contributed by atoms with Gasteiger partial charge in [0.15, 0.2) is 0 Å². The average molecular weight is 1570 g/mol. The van der Waals surface area contributed by atoms with Crippen molar-refractivity contribution in [1.82, 2.24) is 0 Å². The highest BCUT2D eigenvalue weighted by atomic mass is 35.5. The van der Waals surface area contributed by atoms with Gasteiger partial charge in [0.1, 0.15) is 5.82 Å². The summed E-state index contributed by atoms with van der Waals surface area (Å²) < 4.78 is 13.9. The van der Waals surface area contributed by atoms with Gasteiger partial charge in [-0.1, -0.05) is 449 Å². The van der Waals surface area contributed by atoms with Crippen LogP contribution in [0.5, 0.6) is 0 Å². The van der Waals surface area contributed by atoms with Gasteiger partial charge in [0.2, 0.25) is 0 Å². The fourth-order valence-corrected chi connectivity index (χ4v) is 13.8. The molecule has 0 unspecified atom stereocenters. The first kappa shape index (κ1) is 91.8. The van der Waals surface area contributed by atoms with E-state index in [1.807, 2.05) is 24.3 Å². The molecule has 0 saturated carbocycles. The van der Waals surface area contributed by atoms with E-state index in [1.54, 1.807) is 12.1 Å². The fraction of sp³-hybridized carbons (Fsp3) is 0.270. The van der Waals surface area contributed by atoms with E-state index in [1.165, 1.54) is 145 Å². The zero-order chi connectivity index (χ0) is 85.3. The molecule has 117 heavy (non-hydrogen) atoms. The van der Waals surface area contributed by atoms with E-state index in [-0.39, 0.29) is 22.1 Å². The molecule has 0 heterocycles. The van der Waals surface area contributed by atoms with Crippen LogP contribution in [-0.4, -0.2) is 0 Å². The van der Waals surface area contributed by atoms with Crippen LogP contribution in [0.1, 0.15) is 219 Å². The van der Waals surface area contributed by atoms with Gasteiger partial charge in [-0.05, 0) is 246 Å². The molecule has 2 heteroatoms. The Hall–Kier alpha value is -10.7. The molecule has 14 aromatic rings. The number of halogens is 2. The molecule has 0 aromatic heterocycles. The van der Waals surface area contributed by atoms with Crippen LogP contribution in [0.4, 0.5) is 4.39 Å². The van der Waals surface area contributed by atoms with E-state index in [2.05, 4.69) is 451 Å². The second-order valence-electron chi connectivity index (χ2n) is 35.7. The molecular formula is C115H130ClF. The van der Waals surface area contributed by atoms with Gasteiger partial charge in [0.05, 0.1) is 0 Å². The molecule has 0 nitrogen and oxygen atoms in total. The van der Waals surface area contributed by atoms with Crippen LogP contribution in [0, 0.1) is 54.3 Å². The van der Waals surface area contributed by atoms with Crippen molar-refractivity contribution >= 4 is 11.6 Å². The zero-order valence-electron chi connectivity index (χ0n) is 74.7. The molecule has 604 valence electrons. The first-order chi connectivity index (χ1) is 55.4. The molecule has 14 rings (SSSR count). The molecule has 0 N–H and O–H groups in total. The Kier molecular flexibility index (Phi) is 33.7. The molecule has 0 bridgehead atoms. The minimum Gasteiger partial charge on any atom is -0.206 e. The van der Waals surface area contributed by atoms with E-state index in [0.29, 0.717) is 34.3 Å². The smallest absolute Gasteiger partial charge is 0.131 e. The highest BCUT2D eigenvalue weighted by Gasteiger charge is 2.20. The molecule has 0 aliphatic carbocycles. The molecule has 0 atom stereocenters. The van der Waals surface area contributed by atoms with Crippen LogP contribution in [-0.2, 0) is 16.2 Å². The number of hydrogen-bond acceptors (Lipinski definition) is 0. The highest BCUT2D eigenvalue weighted by Crippen LogP contribution is 2.37. The Labute approximate surface area is 711 Å². The SMILES string of the molecule is CC(C)(C)c1ccc(F)c(-c2ccc(Cl)cc2)c1.CC(C)c1cccc(-c2ccccc2)c1.Cc1ccc(-c2cccc(C(C)C)c2)cc1.Cc1ccc(-c2cccc(C(C)C)c2)cc1C.Cc1ccc(C(C)(C)C)c(-c2ccccc2)c1.Cc1cccc(-c2cccc(C(C)(C)C)c2)c1C.Cc1cccc(-c2cccc(C(C)C)c2)c1. The maximum absolute atomic E-state index is 13.9. The van der Waals surface area contributed by atoms with Gasteiger partial charge in [0.25, 0.3) is 0 Å². The lowest BCUT2D eigenvalue weighted by Crippen LogP contribution is -2.12. The lowest BCUT2D eigenvalue weighted by atomic mass is 9.81. The van der Waals surface area contributed by atoms with Crippen molar-refractivity contribution in [2.24, 2.45) is 0 Å². The third-order valence-corrected chi connectivity index (χ3v) is 21.8. The highest BCUT2D eigenvalue weighted by molar-refractivity contribution is 6.30. The first-order valence-electron chi connectivity index (χ1n) is 42.0. The summed E-state index contributed by atoms with van der Waals surface area (Å²) in [5.41, 5.74) is 36.6. The maximum Gasteiger partial charge on any atom is 0.131 e. The van der Waals surface area contributed by atoms with Crippen molar-refractivity contribution in [3.05, 3.63) is 416 Å². The van der Waals surface area contributed by atoms with Crippen molar-refractivity contribution in [3.63, 3.8) is 0 Å². The normalized spacial score (nSPS) is 11.1. The molecule has 0 aliphatic heterocycles. The van der Waals surface area contributed by atoms with Crippen LogP contribution < -0.4 is 0 Å². The molecule has 0 fully saturated rings. The predicted octanol–water partition coefficient (Wildman–Crippen LogP) is 34.8. The molecular weight excluding hydrogens is 1440 g/mol. The van der Waals surface area contributed by atoms with Crippen molar-refractivity contribution in [1.29, 1.82) is 0 Å². The quantitative estimate of drug-likeness (QED) is 0.121. The van der Waals surface area contributed by atoms with Crippen LogP contribution in [0.15, 0.2) is 328 Å². The lowest BCUT2D eigenvalue weighted by molar-refractivity contribution is 0.584. The Morgan fingerprint density at radius 2 is 0.598 bits per heavy atom. The number of hydrogen-bond donors (Lipinski definition) is 0. The number of aryl methyl sites for hydroxylation is 6. The van der Waals surface area contributed by atoms with Gasteiger partial charge in [-0.3, -0.25) is 0 Å². The van der Waals surface area contributed by atoms with Crippen LogP contribution >= 0.6 is 11.6 Å². The summed E-state index contributed by atoms with van der Waals surface area (Å²) in [6, 6.07) is 115. The topological polar surface area (TPSA) is 0 Å². The Morgan fingerprint density at radius 1 is 0.231 bits per heavy atom. The van der Waals surface area contributed by atoms with Gasteiger partial charge in [-0.15, -0.1) is 0 Å². The van der Waals surface area contributed by atoms with Gasteiger partial charge >= 0.3 is 0 Å². The van der Waals surface area contributed by atoms with Gasteiger partial charge < -0.3 is 0 Å². The molecule has 0 saturated heterocycles. The summed E-state index contributed by atoms with van der Waals surface area (Å²) in [7, 11) is 0. The van der Waals surface area contributed by atoms with Gasteiger partial charge in [-0.2, -0.15) is 0 Å². The summed E-state index contributed by atoms with van der Waals surface area (Å²) in [6.07, 6.45) is 0. The summed E-state index contributed by atoms with van der Waals surface area (Å²) >= 11 is 5.85. The van der Waals surface area contributed by atoms with Crippen LogP contribution in [0.25, 0.3) is 77.9 Å². The zero-order valence-corrected chi connectivity index (χ0v) is 75.5. The summed E-state index contributed by atoms with van der Waals surface area (Å²) in [5.74, 6) is 2.15. The largest absolute Gasteiger partial charge is 0.206 e. The van der Waals surface area contributed by atoms with Crippen molar-refractivity contribution < 1.29 is 4.39 Å². The Bertz CT molecular complexity index is 5420. The minimum atomic E-state index is -0.203. The van der Waals surface area contributed by atoms with Crippen molar-refractivity contribution in [2.45, 2.75) is 206 Å². The molecule has 0 aliphatic rings.